The van der Waals surface area contributed by atoms with Crippen LogP contribution in [0.4, 0.5) is 11.4 Å². The number of hydrogen-bond donors (Lipinski definition) is 2. The number of pyridine rings is 2. The minimum Gasteiger partial charge on any atom is -0.384 e. The van der Waals surface area contributed by atoms with Crippen molar-refractivity contribution in [3.8, 4) is 0 Å². The number of nitrogens with one attached hydrogen (secondary N) is 2. The van der Waals surface area contributed by atoms with Crippen molar-refractivity contribution in [1.29, 1.82) is 0 Å². The molecule has 0 amide bonds. The van der Waals surface area contributed by atoms with Gasteiger partial charge < -0.3 is 10.6 Å². The number of aromatic nitrogens is 2. The van der Waals surface area contributed by atoms with Gasteiger partial charge in [0.25, 0.3) is 0 Å². The Labute approximate surface area is 287 Å². The van der Waals surface area contributed by atoms with E-state index in [2.05, 4.69) is 108 Å². The topological polar surface area (TPSA) is 49.8 Å². The van der Waals surface area contributed by atoms with E-state index in [1.165, 1.54) is 136 Å². The number of benzene rings is 4. The molecule has 0 aliphatic carbocycles. The van der Waals surface area contributed by atoms with Crippen molar-refractivity contribution in [2.75, 3.05) is 23.7 Å². The molecule has 48 heavy (non-hydrogen) atoms. The third kappa shape index (κ3) is 9.24. The molecule has 0 aliphatic rings. The van der Waals surface area contributed by atoms with Gasteiger partial charge in [-0.2, -0.15) is 0 Å². The van der Waals surface area contributed by atoms with Crippen LogP contribution in [0.3, 0.4) is 0 Å². The number of nitrogens with zero attached hydrogens (tertiary/aromatic N) is 2. The molecule has 0 spiro atoms. The highest BCUT2D eigenvalue weighted by atomic mass is 14.9. The first-order chi connectivity index (χ1) is 23.9. The highest BCUT2D eigenvalue weighted by molar-refractivity contribution is 6.08. The number of rotatable bonds is 21. The molecule has 0 radical (unpaired) electrons. The first kappa shape index (κ1) is 33.7. The monoisotopic (exact) mass is 638 g/mol. The normalized spacial score (nSPS) is 11.6. The molecule has 2 aromatic heterocycles. The van der Waals surface area contributed by atoms with Gasteiger partial charge in [-0.25, -0.2) is 9.97 Å². The van der Waals surface area contributed by atoms with E-state index in [0.717, 1.165) is 35.2 Å². The van der Waals surface area contributed by atoms with Crippen LogP contribution in [0.25, 0.3) is 43.6 Å². The first-order valence-electron chi connectivity index (χ1n) is 18.9. The molecule has 2 N–H and O–H groups in total. The summed E-state index contributed by atoms with van der Waals surface area (Å²) in [5.74, 6) is 0. The highest BCUT2D eigenvalue weighted by Gasteiger charge is 2.09. The zero-order chi connectivity index (χ0) is 32.6. The average Bonchev–Trinajstić information content (AvgIpc) is 3.13. The zero-order valence-corrected chi connectivity index (χ0v) is 28.9. The second-order valence-corrected chi connectivity index (χ2v) is 13.6. The van der Waals surface area contributed by atoms with E-state index in [9.17, 15) is 0 Å². The van der Waals surface area contributed by atoms with Gasteiger partial charge in [-0.3, -0.25) is 0 Å². The smallest absolute Gasteiger partial charge is 0.0730 e. The number of anilines is 2. The number of hydrogen-bond acceptors (Lipinski definition) is 4. The largest absolute Gasteiger partial charge is 0.384 e. The van der Waals surface area contributed by atoms with Crippen LogP contribution in [0.1, 0.15) is 103 Å². The predicted molar refractivity (Wildman–Crippen MR) is 209 cm³/mol. The van der Waals surface area contributed by atoms with Crippen molar-refractivity contribution >= 4 is 55.0 Å². The van der Waals surface area contributed by atoms with E-state index in [4.69, 9.17) is 9.97 Å². The summed E-state index contributed by atoms with van der Waals surface area (Å²) in [5.41, 5.74) is 6.76. The van der Waals surface area contributed by atoms with Gasteiger partial charge in [0, 0.05) is 34.6 Å². The van der Waals surface area contributed by atoms with Crippen LogP contribution in [0, 0.1) is 0 Å². The standard InChI is InChI=1S/C44H54N4/c1(3-5-7-9-11-13-23-33-45-43-35-25-15-19-29-39(35)47-40-30-20-16-26-36(40)43)2-4-6-8-10-12-14-24-34-46-44-37-27-17-21-31-41(37)48-42-32-22-18-28-38(42)44/h15-22,25-32H,1-14,23-24,33-34H2,(H,45,47)(H,46,48). The van der Waals surface area contributed by atoms with Gasteiger partial charge in [0.05, 0.1) is 33.4 Å². The average molecular weight is 639 g/mol. The number of fused-ring (bicyclic) bond motifs is 4. The van der Waals surface area contributed by atoms with Crippen molar-refractivity contribution in [1.82, 2.24) is 9.97 Å². The summed E-state index contributed by atoms with van der Waals surface area (Å²) in [5, 5.41) is 12.4. The molecule has 6 rings (SSSR count). The third-order valence-electron chi connectivity index (χ3n) is 9.88. The lowest BCUT2D eigenvalue weighted by Gasteiger charge is -2.13. The number of unbranched alkanes of at least 4 members (excludes halogenated alkanes) is 15. The molecule has 4 aromatic carbocycles. The summed E-state index contributed by atoms with van der Waals surface area (Å²) in [6.07, 6.45) is 21.8. The van der Waals surface area contributed by atoms with Crippen LogP contribution in [-0.2, 0) is 0 Å². The Balaban J connectivity index is 0.739. The van der Waals surface area contributed by atoms with Crippen LogP contribution in [-0.4, -0.2) is 23.1 Å². The Kier molecular flexibility index (Phi) is 12.9. The molecule has 2 heterocycles. The fourth-order valence-corrected chi connectivity index (χ4v) is 7.21. The van der Waals surface area contributed by atoms with Gasteiger partial charge in [0.2, 0.25) is 0 Å². The lowest BCUT2D eigenvalue weighted by molar-refractivity contribution is 0.530. The summed E-state index contributed by atoms with van der Waals surface area (Å²) in [6, 6.07) is 33.9. The summed E-state index contributed by atoms with van der Waals surface area (Å²) in [6.45, 7) is 2.05. The van der Waals surface area contributed by atoms with Gasteiger partial charge in [0.15, 0.2) is 0 Å². The lowest BCUT2D eigenvalue weighted by Crippen LogP contribution is -2.03. The van der Waals surface area contributed by atoms with Crippen molar-refractivity contribution in [3.63, 3.8) is 0 Å². The molecule has 6 aromatic rings. The molecule has 0 saturated heterocycles. The van der Waals surface area contributed by atoms with E-state index in [-0.39, 0.29) is 0 Å². The van der Waals surface area contributed by atoms with Crippen LogP contribution in [0.2, 0.25) is 0 Å². The molecular weight excluding hydrogens is 585 g/mol. The molecule has 0 aliphatic heterocycles. The van der Waals surface area contributed by atoms with Crippen LogP contribution in [0.5, 0.6) is 0 Å². The molecule has 250 valence electrons. The Morgan fingerprint density at radius 1 is 0.292 bits per heavy atom. The Bertz CT molecular complexity index is 1620. The fourth-order valence-electron chi connectivity index (χ4n) is 7.21. The van der Waals surface area contributed by atoms with Crippen molar-refractivity contribution < 1.29 is 0 Å². The molecule has 0 saturated carbocycles. The van der Waals surface area contributed by atoms with Gasteiger partial charge in [0.1, 0.15) is 0 Å². The van der Waals surface area contributed by atoms with E-state index in [0.29, 0.717) is 0 Å². The molecule has 0 unspecified atom stereocenters. The van der Waals surface area contributed by atoms with Crippen LogP contribution < -0.4 is 10.6 Å². The second-order valence-electron chi connectivity index (χ2n) is 13.6. The summed E-state index contributed by atoms with van der Waals surface area (Å²) in [4.78, 5) is 9.70. The first-order valence-corrected chi connectivity index (χ1v) is 18.9. The Hall–Kier alpha value is -4.18. The van der Waals surface area contributed by atoms with E-state index in [1.54, 1.807) is 0 Å². The number of para-hydroxylation sites is 4. The SMILES string of the molecule is c1ccc2c(NCCCCCCCCCCCCCCCCCCNc3c4ccccc4nc4ccccc34)c3ccccc3nc2c1. The maximum atomic E-state index is 4.85. The van der Waals surface area contributed by atoms with Gasteiger partial charge >= 0.3 is 0 Å². The van der Waals surface area contributed by atoms with Crippen molar-refractivity contribution in [2.45, 2.75) is 103 Å². The fraction of sp³-hybridized carbons (Fsp3) is 0.409. The van der Waals surface area contributed by atoms with E-state index in [1.807, 2.05) is 0 Å². The quantitative estimate of drug-likeness (QED) is 0.0608. The molecule has 0 bridgehead atoms. The molecule has 0 fully saturated rings. The predicted octanol–water partition coefficient (Wildman–Crippen LogP) is 12.9. The zero-order valence-electron chi connectivity index (χ0n) is 28.9. The Morgan fingerprint density at radius 3 is 0.792 bits per heavy atom. The molecule has 4 heteroatoms. The maximum absolute atomic E-state index is 4.85. The summed E-state index contributed by atoms with van der Waals surface area (Å²) >= 11 is 0. The van der Waals surface area contributed by atoms with Gasteiger partial charge in [-0.1, -0.05) is 163 Å². The highest BCUT2D eigenvalue weighted by Crippen LogP contribution is 2.32. The summed E-state index contributed by atoms with van der Waals surface area (Å²) in [7, 11) is 0. The minimum absolute atomic E-state index is 1.02. The van der Waals surface area contributed by atoms with Crippen LogP contribution >= 0.6 is 0 Å². The van der Waals surface area contributed by atoms with Crippen molar-refractivity contribution in [2.24, 2.45) is 0 Å². The Morgan fingerprint density at radius 2 is 0.521 bits per heavy atom. The van der Waals surface area contributed by atoms with Crippen LogP contribution in [0.15, 0.2) is 97.1 Å². The second kappa shape index (κ2) is 18.4. The lowest BCUT2D eigenvalue weighted by atomic mass is 10.0. The van der Waals surface area contributed by atoms with Gasteiger partial charge in [-0.15, -0.1) is 0 Å². The van der Waals surface area contributed by atoms with E-state index < -0.39 is 0 Å². The van der Waals surface area contributed by atoms with Gasteiger partial charge in [-0.05, 0) is 37.1 Å². The molecule has 0 atom stereocenters. The maximum Gasteiger partial charge on any atom is 0.0730 e. The third-order valence-corrected chi connectivity index (χ3v) is 9.88. The molecule has 4 nitrogen and oxygen atoms in total. The minimum atomic E-state index is 1.02. The molecular formula is C44H54N4. The summed E-state index contributed by atoms with van der Waals surface area (Å²) < 4.78 is 0. The van der Waals surface area contributed by atoms with E-state index >= 15 is 0 Å². The van der Waals surface area contributed by atoms with Crippen molar-refractivity contribution in [3.05, 3.63) is 97.1 Å².